The second kappa shape index (κ2) is 10.1. The summed E-state index contributed by atoms with van der Waals surface area (Å²) >= 11 is 1.59. The molecule has 5 rings (SSSR count). The second-order valence-electron chi connectivity index (χ2n) is 8.31. The number of hydrogen-bond acceptors (Lipinski definition) is 5. The number of nitrogens with zero attached hydrogens (tertiary/aromatic N) is 4. The van der Waals surface area contributed by atoms with Crippen LogP contribution in [0, 0.1) is 0 Å². The van der Waals surface area contributed by atoms with Crippen LogP contribution in [0.3, 0.4) is 0 Å². The SMILES string of the molecule is O=C(O)CCCC(=O)N1N=C(c2cccs2)C[C@@H]1c1cn(-c2ccccc2)nc1-c1ccccc1. The van der Waals surface area contributed by atoms with Gasteiger partial charge in [0, 0.05) is 36.6 Å². The topological polar surface area (TPSA) is 87.8 Å². The monoisotopic (exact) mass is 484 g/mol. The quantitative estimate of drug-likeness (QED) is 0.356. The number of carboxylic acids is 1. The molecule has 1 amide bonds. The van der Waals surface area contributed by atoms with E-state index in [9.17, 15) is 9.59 Å². The van der Waals surface area contributed by atoms with Gasteiger partial charge in [-0.15, -0.1) is 11.3 Å². The molecule has 176 valence electrons. The van der Waals surface area contributed by atoms with Gasteiger partial charge in [-0.1, -0.05) is 54.6 Å². The highest BCUT2D eigenvalue weighted by Crippen LogP contribution is 2.39. The van der Waals surface area contributed by atoms with E-state index in [4.69, 9.17) is 15.3 Å². The number of benzene rings is 2. The summed E-state index contributed by atoms with van der Waals surface area (Å²) in [5, 5.41) is 22.2. The Morgan fingerprint density at radius 3 is 2.40 bits per heavy atom. The van der Waals surface area contributed by atoms with Crippen molar-refractivity contribution in [1.82, 2.24) is 14.8 Å². The molecule has 0 aliphatic carbocycles. The molecular formula is C27H24N4O3S. The zero-order valence-corrected chi connectivity index (χ0v) is 19.8. The third-order valence-electron chi connectivity index (χ3n) is 5.92. The third-order valence-corrected chi connectivity index (χ3v) is 6.84. The van der Waals surface area contributed by atoms with Gasteiger partial charge in [-0.2, -0.15) is 10.2 Å². The van der Waals surface area contributed by atoms with Crippen LogP contribution in [-0.2, 0) is 9.59 Å². The Morgan fingerprint density at radius 2 is 1.71 bits per heavy atom. The van der Waals surface area contributed by atoms with Crippen LogP contribution in [-0.4, -0.2) is 37.5 Å². The minimum atomic E-state index is -0.908. The van der Waals surface area contributed by atoms with Crippen LogP contribution >= 0.6 is 11.3 Å². The van der Waals surface area contributed by atoms with Crippen LogP contribution in [0.2, 0.25) is 0 Å². The first-order valence-electron chi connectivity index (χ1n) is 11.5. The zero-order chi connectivity index (χ0) is 24.2. The molecule has 35 heavy (non-hydrogen) atoms. The number of amides is 1. The maximum atomic E-state index is 13.3. The molecule has 7 nitrogen and oxygen atoms in total. The summed E-state index contributed by atoms with van der Waals surface area (Å²) < 4.78 is 1.84. The van der Waals surface area contributed by atoms with Crippen LogP contribution in [0.4, 0.5) is 0 Å². The molecule has 0 saturated heterocycles. The molecule has 1 aliphatic heterocycles. The Balaban J connectivity index is 1.55. The van der Waals surface area contributed by atoms with Gasteiger partial charge in [0.15, 0.2) is 0 Å². The zero-order valence-electron chi connectivity index (χ0n) is 18.9. The van der Waals surface area contributed by atoms with Crippen LogP contribution in [0.5, 0.6) is 0 Å². The van der Waals surface area contributed by atoms with Crippen LogP contribution < -0.4 is 0 Å². The van der Waals surface area contributed by atoms with Crippen LogP contribution in [0.15, 0.2) is 89.5 Å². The molecule has 0 bridgehead atoms. The van der Waals surface area contributed by atoms with Crippen molar-refractivity contribution in [2.24, 2.45) is 5.10 Å². The average Bonchev–Trinajstić information content (AvgIpc) is 3.64. The summed E-state index contributed by atoms with van der Waals surface area (Å²) in [4.78, 5) is 25.2. The molecule has 0 radical (unpaired) electrons. The van der Waals surface area contributed by atoms with Gasteiger partial charge in [0.05, 0.1) is 28.0 Å². The minimum Gasteiger partial charge on any atom is -0.481 e. The first-order valence-corrected chi connectivity index (χ1v) is 12.3. The maximum Gasteiger partial charge on any atom is 0.303 e. The second-order valence-corrected chi connectivity index (χ2v) is 9.26. The fraction of sp³-hybridized carbons (Fsp3) is 0.185. The van der Waals surface area contributed by atoms with Crippen molar-refractivity contribution < 1.29 is 14.7 Å². The number of hydrogen-bond donors (Lipinski definition) is 1. The lowest BCUT2D eigenvalue weighted by molar-refractivity contribution is -0.137. The highest BCUT2D eigenvalue weighted by molar-refractivity contribution is 7.12. The van der Waals surface area contributed by atoms with Gasteiger partial charge in [0.25, 0.3) is 0 Å². The average molecular weight is 485 g/mol. The molecule has 1 aliphatic rings. The Labute approximate surface area is 207 Å². The molecule has 0 unspecified atom stereocenters. The van der Waals surface area contributed by atoms with E-state index in [1.165, 1.54) is 5.01 Å². The summed E-state index contributed by atoms with van der Waals surface area (Å²) in [5.41, 5.74) is 4.43. The first kappa shape index (κ1) is 22.7. The predicted molar refractivity (Wildman–Crippen MR) is 136 cm³/mol. The van der Waals surface area contributed by atoms with Gasteiger partial charge >= 0.3 is 5.97 Å². The number of carbonyl (C=O) groups is 2. The molecule has 8 heteroatoms. The van der Waals surface area contributed by atoms with E-state index < -0.39 is 5.97 Å². The Morgan fingerprint density at radius 1 is 0.971 bits per heavy atom. The molecule has 1 atom stereocenters. The fourth-order valence-electron chi connectivity index (χ4n) is 4.24. The number of carbonyl (C=O) groups excluding carboxylic acids is 1. The molecule has 4 aromatic rings. The molecule has 0 saturated carbocycles. The molecule has 1 N–H and O–H groups in total. The minimum absolute atomic E-state index is 0.0487. The van der Waals surface area contributed by atoms with Gasteiger partial charge < -0.3 is 5.11 Å². The lowest BCUT2D eigenvalue weighted by Crippen LogP contribution is -2.27. The fourth-order valence-corrected chi connectivity index (χ4v) is 4.97. The van der Waals surface area contributed by atoms with Crippen molar-refractivity contribution in [2.45, 2.75) is 31.7 Å². The summed E-state index contributed by atoms with van der Waals surface area (Å²) in [7, 11) is 0. The van der Waals surface area contributed by atoms with Crippen molar-refractivity contribution in [3.63, 3.8) is 0 Å². The lowest BCUT2D eigenvalue weighted by Gasteiger charge is -2.21. The number of hydrazone groups is 1. The first-order chi connectivity index (χ1) is 17.1. The molecule has 0 spiro atoms. The molecule has 2 aromatic heterocycles. The van der Waals surface area contributed by atoms with Gasteiger partial charge in [-0.3, -0.25) is 9.59 Å². The van der Waals surface area contributed by atoms with Crippen molar-refractivity contribution in [3.05, 3.63) is 94.8 Å². The number of carboxylic acid groups (broad SMARTS) is 1. The van der Waals surface area contributed by atoms with Gasteiger partial charge in [0.2, 0.25) is 5.91 Å². The van der Waals surface area contributed by atoms with E-state index in [1.807, 2.05) is 89.1 Å². The maximum absolute atomic E-state index is 13.3. The van der Waals surface area contributed by atoms with E-state index in [-0.39, 0.29) is 31.2 Å². The number of aromatic nitrogens is 2. The van der Waals surface area contributed by atoms with Crippen LogP contribution in [0.25, 0.3) is 16.9 Å². The highest BCUT2D eigenvalue weighted by atomic mass is 32.1. The van der Waals surface area contributed by atoms with Gasteiger partial charge in [-0.05, 0) is 30.0 Å². The van der Waals surface area contributed by atoms with E-state index in [2.05, 4.69) is 0 Å². The number of para-hydroxylation sites is 1. The third kappa shape index (κ3) is 4.93. The lowest BCUT2D eigenvalue weighted by atomic mass is 9.98. The largest absolute Gasteiger partial charge is 0.481 e. The van der Waals surface area contributed by atoms with E-state index >= 15 is 0 Å². The highest BCUT2D eigenvalue weighted by Gasteiger charge is 2.36. The van der Waals surface area contributed by atoms with E-state index in [1.54, 1.807) is 11.3 Å². The summed E-state index contributed by atoms with van der Waals surface area (Å²) in [5.74, 6) is -1.09. The molecule has 2 aromatic carbocycles. The van der Waals surface area contributed by atoms with Gasteiger partial charge in [0.1, 0.15) is 0 Å². The number of aliphatic carboxylic acids is 1. The number of rotatable bonds is 8. The molecular weight excluding hydrogens is 460 g/mol. The predicted octanol–water partition coefficient (Wildman–Crippen LogP) is 5.53. The Hall–Kier alpha value is -4.04. The smallest absolute Gasteiger partial charge is 0.303 e. The molecule has 0 fully saturated rings. The standard InChI is InChI=1S/C27H24N4O3S/c32-25(14-7-15-26(33)34)31-23(17-22(28-31)24-13-8-16-35-24)21-18-30(20-11-5-2-6-12-20)29-27(21)19-9-3-1-4-10-19/h1-6,8-13,16,18,23H,7,14-15,17H2,(H,33,34)/t23-/m1/s1. The van der Waals surface area contributed by atoms with E-state index in [0.29, 0.717) is 6.42 Å². The van der Waals surface area contributed by atoms with Crippen molar-refractivity contribution in [1.29, 1.82) is 0 Å². The summed E-state index contributed by atoms with van der Waals surface area (Å²) in [6.07, 6.45) is 2.89. The van der Waals surface area contributed by atoms with Gasteiger partial charge in [-0.25, -0.2) is 9.69 Å². The summed E-state index contributed by atoms with van der Waals surface area (Å²) in [6, 6.07) is 23.4. The summed E-state index contributed by atoms with van der Waals surface area (Å²) in [6.45, 7) is 0. The number of thiophene rings is 1. The Bertz CT molecular complexity index is 1350. The van der Waals surface area contributed by atoms with E-state index in [0.717, 1.165) is 33.1 Å². The van der Waals surface area contributed by atoms with Crippen molar-refractivity contribution >= 4 is 28.9 Å². The molecule has 3 heterocycles. The van der Waals surface area contributed by atoms with Crippen molar-refractivity contribution in [2.75, 3.05) is 0 Å². The normalized spacial score (nSPS) is 15.3. The van der Waals surface area contributed by atoms with Crippen LogP contribution in [0.1, 0.15) is 42.2 Å². The van der Waals surface area contributed by atoms with Crippen molar-refractivity contribution in [3.8, 4) is 16.9 Å². The Kier molecular flexibility index (Phi) is 6.54.